The standard InChI is InChI=1S/C20H23ClN4O5S/c1-12-19(13(2)30-23-12)31(28,29)25-10-3-5-17(25)20(27)22-14-7-8-16(15(21)11-14)24-9-4-6-18(24)26/h7-8,11,17H,3-6,9-10H2,1-2H3,(H,22,27)/t17-/m0/s1. The van der Waals surface area contributed by atoms with Gasteiger partial charge in [-0.2, -0.15) is 4.31 Å². The molecule has 2 saturated heterocycles. The predicted molar refractivity (Wildman–Crippen MR) is 115 cm³/mol. The highest BCUT2D eigenvalue weighted by Crippen LogP contribution is 2.33. The molecule has 3 heterocycles. The number of aryl methyl sites for hydroxylation is 2. The van der Waals surface area contributed by atoms with E-state index in [1.165, 1.54) is 11.2 Å². The number of hydrogen-bond acceptors (Lipinski definition) is 6. The second-order valence-corrected chi connectivity index (χ2v) is 9.97. The van der Waals surface area contributed by atoms with Crippen LogP contribution in [-0.4, -0.2) is 48.8 Å². The van der Waals surface area contributed by atoms with Gasteiger partial charge in [0.25, 0.3) is 0 Å². The van der Waals surface area contributed by atoms with Gasteiger partial charge in [0, 0.05) is 25.2 Å². The number of carbonyl (C=O) groups excluding carboxylic acids is 2. The number of benzene rings is 1. The van der Waals surface area contributed by atoms with E-state index in [1.807, 2.05) is 0 Å². The summed E-state index contributed by atoms with van der Waals surface area (Å²) < 4.78 is 32.5. The van der Waals surface area contributed by atoms with E-state index >= 15 is 0 Å². The van der Waals surface area contributed by atoms with E-state index in [-0.39, 0.29) is 28.8 Å². The van der Waals surface area contributed by atoms with Crippen molar-refractivity contribution in [2.45, 2.75) is 50.5 Å². The van der Waals surface area contributed by atoms with Gasteiger partial charge >= 0.3 is 0 Å². The molecule has 2 aliphatic rings. The maximum Gasteiger partial charge on any atom is 0.249 e. The number of amides is 2. The molecule has 2 aliphatic heterocycles. The number of aromatic nitrogens is 1. The summed E-state index contributed by atoms with van der Waals surface area (Å²) in [6.45, 7) is 3.94. The normalized spacial score (nSPS) is 19.9. The topological polar surface area (TPSA) is 113 Å². The second-order valence-electron chi connectivity index (χ2n) is 7.73. The lowest BCUT2D eigenvalue weighted by molar-refractivity contribution is -0.119. The monoisotopic (exact) mass is 466 g/mol. The molecule has 166 valence electrons. The molecule has 1 aromatic heterocycles. The van der Waals surface area contributed by atoms with Crippen LogP contribution < -0.4 is 10.2 Å². The molecule has 2 aromatic rings. The van der Waals surface area contributed by atoms with Crippen LogP contribution in [0.4, 0.5) is 11.4 Å². The van der Waals surface area contributed by atoms with Crippen LogP contribution in [0.25, 0.3) is 0 Å². The van der Waals surface area contributed by atoms with Crippen LogP contribution in [0.3, 0.4) is 0 Å². The molecule has 0 unspecified atom stereocenters. The van der Waals surface area contributed by atoms with Gasteiger partial charge in [-0.1, -0.05) is 16.8 Å². The number of hydrogen-bond donors (Lipinski definition) is 1. The summed E-state index contributed by atoms with van der Waals surface area (Å²) >= 11 is 6.35. The Morgan fingerprint density at radius 2 is 2.03 bits per heavy atom. The van der Waals surface area contributed by atoms with Gasteiger partial charge in [0.15, 0.2) is 5.76 Å². The summed E-state index contributed by atoms with van der Waals surface area (Å²) in [4.78, 5) is 26.6. The van der Waals surface area contributed by atoms with E-state index in [9.17, 15) is 18.0 Å². The highest BCUT2D eigenvalue weighted by atomic mass is 35.5. The van der Waals surface area contributed by atoms with Crippen molar-refractivity contribution < 1.29 is 22.5 Å². The molecular weight excluding hydrogens is 444 g/mol. The van der Waals surface area contributed by atoms with Crippen LogP contribution in [0.15, 0.2) is 27.6 Å². The number of halogens is 1. The number of anilines is 2. The minimum Gasteiger partial charge on any atom is -0.360 e. The Hall–Kier alpha value is -2.43. The molecule has 0 saturated carbocycles. The zero-order valence-electron chi connectivity index (χ0n) is 17.2. The van der Waals surface area contributed by atoms with E-state index in [4.69, 9.17) is 16.1 Å². The van der Waals surface area contributed by atoms with Crippen molar-refractivity contribution in [3.8, 4) is 0 Å². The third-order valence-electron chi connectivity index (χ3n) is 5.62. The molecule has 1 N–H and O–H groups in total. The maximum atomic E-state index is 13.2. The summed E-state index contributed by atoms with van der Waals surface area (Å²) in [7, 11) is -3.93. The average Bonchev–Trinajstić information content (AvgIpc) is 3.43. The molecule has 0 spiro atoms. The fourth-order valence-electron chi connectivity index (χ4n) is 4.18. The quantitative estimate of drug-likeness (QED) is 0.724. The number of nitrogens with one attached hydrogen (secondary N) is 1. The molecule has 1 aromatic carbocycles. The zero-order chi connectivity index (χ0) is 22.3. The lowest BCUT2D eigenvalue weighted by atomic mass is 10.2. The van der Waals surface area contributed by atoms with Crippen molar-refractivity contribution in [1.82, 2.24) is 9.46 Å². The Balaban J connectivity index is 1.53. The first kappa shape index (κ1) is 21.8. The smallest absolute Gasteiger partial charge is 0.249 e. The first-order valence-corrected chi connectivity index (χ1v) is 11.9. The van der Waals surface area contributed by atoms with Crippen molar-refractivity contribution in [3.05, 3.63) is 34.7 Å². The molecule has 4 rings (SSSR count). The molecule has 2 fully saturated rings. The van der Waals surface area contributed by atoms with Gasteiger partial charge in [-0.05, 0) is 51.3 Å². The number of sulfonamides is 1. The Kier molecular flexibility index (Phi) is 5.80. The first-order chi connectivity index (χ1) is 14.7. The van der Waals surface area contributed by atoms with E-state index in [2.05, 4.69) is 10.5 Å². The first-order valence-electron chi connectivity index (χ1n) is 10.1. The summed E-state index contributed by atoms with van der Waals surface area (Å²) in [5, 5.41) is 6.83. The van der Waals surface area contributed by atoms with Gasteiger partial charge in [-0.3, -0.25) is 9.59 Å². The van der Waals surface area contributed by atoms with Gasteiger partial charge in [0.1, 0.15) is 16.6 Å². The van der Waals surface area contributed by atoms with Gasteiger partial charge in [-0.25, -0.2) is 8.42 Å². The molecule has 11 heteroatoms. The largest absolute Gasteiger partial charge is 0.360 e. The van der Waals surface area contributed by atoms with Crippen LogP contribution in [0.5, 0.6) is 0 Å². The molecule has 1 atom stereocenters. The van der Waals surface area contributed by atoms with E-state index in [1.54, 1.807) is 30.0 Å². The van der Waals surface area contributed by atoms with E-state index in [0.29, 0.717) is 42.2 Å². The van der Waals surface area contributed by atoms with Gasteiger partial charge in [-0.15, -0.1) is 0 Å². The molecule has 0 bridgehead atoms. The minimum absolute atomic E-state index is 0.00915. The lowest BCUT2D eigenvalue weighted by Gasteiger charge is -2.23. The lowest BCUT2D eigenvalue weighted by Crippen LogP contribution is -2.43. The predicted octanol–water partition coefficient (Wildman–Crippen LogP) is 2.86. The fraction of sp³-hybridized carbons (Fsp3) is 0.450. The van der Waals surface area contributed by atoms with Crippen molar-refractivity contribution in [2.24, 2.45) is 0 Å². The molecule has 0 radical (unpaired) electrons. The van der Waals surface area contributed by atoms with Crippen LogP contribution in [-0.2, 0) is 19.6 Å². The van der Waals surface area contributed by atoms with Crippen LogP contribution in [0.2, 0.25) is 5.02 Å². The second kappa shape index (κ2) is 8.25. The molecule has 0 aliphatic carbocycles. The number of nitrogens with zero attached hydrogens (tertiary/aromatic N) is 3. The Labute approximate surface area is 185 Å². The fourth-order valence-corrected chi connectivity index (χ4v) is 6.42. The number of carbonyl (C=O) groups is 2. The number of rotatable bonds is 5. The molecule has 2 amide bonds. The SMILES string of the molecule is Cc1noc(C)c1S(=O)(=O)N1CCC[C@H]1C(=O)Nc1ccc(N2CCCC2=O)c(Cl)c1. The van der Waals surface area contributed by atoms with E-state index < -0.39 is 22.0 Å². The van der Waals surface area contributed by atoms with E-state index in [0.717, 1.165) is 6.42 Å². The third-order valence-corrected chi connectivity index (χ3v) is 8.08. The van der Waals surface area contributed by atoms with Crippen molar-refractivity contribution in [2.75, 3.05) is 23.3 Å². The Bertz CT molecular complexity index is 1130. The molecular formula is C20H23ClN4O5S. The van der Waals surface area contributed by atoms with Crippen molar-refractivity contribution in [1.29, 1.82) is 0 Å². The zero-order valence-corrected chi connectivity index (χ0v) is 18.8. The summed E-state index contributed by atoms with van der Waals surface area (Å²) in [6.07, 6.45) is 2.25. The van der Waals surface area contributed by atoms with Gasteiger partial charge in [0.2, 0.25) is 21.8 Å². The third kappa shape index (κ3) is 3.95. The van der Waals surface area contributed by atoms with Crippen LogP contribution in [0, 0.1) is 13.8 Å². The van der Waals surface area contributed by atoms with Crippen molar-refractivity contribution >= 4 is 44.8 Å². The van der Waals surface area contributed by atoms with Gasteiger partial charge < -0.3 is 14.7 Å². The Morgan fingerprint density at radius 3 is 2.65 bits per heavy atom. The van der Waals surface area contributed by atoms with Crippen LogP contribution in [0.1, 0.15) is 37.1 Å². The van der Waals surface area contributed by atoms with Gasteiger partial charge in [0.05, 0.1) is 10.7 Å². The Morgan fingerprint density at radius 1 is 1.26 bits per heavy atom. The average molecular weight is 467 g/mol. The highest BCUT2D eigenvalue weighted by molar-refractivity contribution is 7.89. The van der Waals surface area contributed by atoms with Crippen LogP contribution >= 0.6 is 11.6 Å². The summed E-state index contributed by atoms with van der Waals surface area (Å²) in [5.41, 5.74) is 1.31. The maximum absolute atomic E-state index is 13.2. The summed E-state index contributed by atoms with van der Waals surface area (Å²) in [5.74, 6) is -0.221. The summed E-state index contributed by atoms with van der Waals surface area (Å²) in [6, 6.07) is 4.07. The highest BCUT2D eigenvalue weighted by Gasteiger charge is 2.42. The molecule has 31 heavy (non-hydrogen) atoms. The molecule has 9 nitrogen and oxygen atoms in total. The minimum atomic E-state index is -3.93. The van der Waals surface area contributed by atoms with Crippen molar-refractivity contribution in [3.63, 3.8) is 0 Å².